The predicted octanol–water partition coefficient (Wildman–Crippen LogP) is 19.1. The highest BCUT2D eigenvalue weighted by atomic mass is 35.5. The van der Waals surface area contributed by atoms with Crippen LogP contribution < -0.4 is 0 Å². The van der Waals surface area contributed by atoms with E-state index in [2.05, 4.69) is 221 Å². The molecule has 12 aromatic rings. The molecular weight excluding hydrogens is 1010 g/mol. The normalized spacial score (nSPS) is 11.0. The van der Waals surface area contributed by atoms with Crippen molar-refractivity contribution in [3.8, 4) is 6.07 Å². The smallest absolute Gasteiger partial charge is 0.0999 e. The van der Waals surface area contributed by atoms with E-state index in [1.807, 2.05) is 119 Å². The van der Waals surface area contributed by atoms with Gasteiger partial charge in [0.25, 0.3) is 0 Å². The van der Waals surface area contributed by atoms with Crippen LogP contribution in [0.5, 0.6) is 0 Å². The first-order valence-corrected chi connectivity index (χ1v) is 28.3. The summed E-state index contributed by atoms with van der Waals surface area (Å²) in [6, 6.07) is 54.2. The second-order valence-electron chi connectivity index (χ2n) is 21.6. The van der Waals surface area contributed by atoms with Crippen molar-refractivity contribution in [1.29, 1.82) is 5.26 Å². The third-order valence-electron chi connectivity index (χ3n) is 13.3. The molecule has 7 heterocycles. The van der Waals surface area contributed by atoms with E-state index in [-0.39, 0.29) is 0 Å². The molecular formula is C68H82ClN11. The quantitative estimate of drug-likeness (QED) is 0.158. The minimum absolute atomic E-state index is 0.368. The predicted molar refractivity (Wildman–Crippen MR) is 338 cm³/mol. The Morgan fingerprint density at radius 3 is 1.57 bits per heavy atom. The molecule has 0 spiro atoms. The first-order valence-electron chi connectivity index (χ1n) is 27.9. The average molecular weight is 1090 g/mol. The van der Waals surface area contributed by atoms with Crippen LogP contribution in [0.15, 0.2) is 201 Å². The maximum absolute atomic E-state index is 8.99. The van der Waals surface area contributed by atoms with Crippen LogP contribution in [-0.4, -0.2) is 47.8 Å². The Hall–Kier alpha value is -8.20. The van der Waals surface area contributed by atoms with Crippen LogP contribution in [0.2, 0.25) is 5.02 Å². The molecule has 0 saturated carbocycles. The number of nitriles is 1. The second kappa shape index (κ2) is 29.7. The minimum atomic E-state index is 0.368. The summed E-state index contributed by atoms with van der Waals surface area (Å²) in [7, 11) is 0. The highest BCUT2D eigenvalue weighted by molar-refractivity contribution is 6.31. The Kier molecular flexibility index (Phi) is 22.6. The number of benzene rings is 5. The minimum Gasteiger partial charge on any atom is -0.352 e. The van der Waals surface area contributed by atoms with E-state index < -0.39 is 0 Å². The lowest BCUT2D eigenvalue weighted by atomic mass is 10.0. The van der Waals surface area contributed by atoms with Crippen molar-refractivity contribution < 1.29 is 0 Å². The van der Waals surface area contributed by atoms with Gasteiger partial charge in [0.2, 0.25) is 0 Å². The maximum atomic E-state index is 8.99. The van der Waals surface area contributed by atoms with Gasteiger partial charge >= 0.3 is 0 Å². The monoisotopic (exact) mass is 1090 g/mol. The van der Waals surface area contributed by atoms with Crippen molar-refractivity contribution in [2.24, 2.45) is 0 Å². The summed E-state index contributed by atoms with van der Waals surface area (Å²) in [6.07, 6.45) is 17.8. The molecule has 0 aliphatic rings. The second-order valence-corrected chi connectivity index (χ2v) is 22.0. The van der Waals surface area contributed by atoms with E-state index in [9.17, 15) is 0 Å². The number of aromatic nitrogens is 10. The fourth-order valence-electron chi connectivity index (χ4n) is 8.80. The van der Waals surface area contributed by atoms with E-state index in [1.54, 1.807) is 12.3 Å². The number of rotatable bonds is 7. The Labute approximate surface area is 479 Å². The zero-order valence-electron chi connectivity index (χ0n) is 49.4. The van der Waals surface area contributed by atoms with Crippen molar-refractivity contribution >= 4 is 66.2 Å². The lowest BCUT2D eigenvalue weighted by molar-refractivity contribution is 0.532. The number of hydrogen-bond acceptors (Lipinski definition) is 5. The molecule has 0 N–H and O–H groups in total. The largest absolute Gasteiger partial charge is 0.352 e. The van der Waals surface area contributed by atoms with Crippen molar-refractivity contribution in [2.45, 2.75) is 139 Å². The molecule has 11 nitrogen and oxygen atoms in total. The van der Waals surface area contributed by atoms with E-state index in [0.29, 0.717) is 52.8 Å². The lowest BCUT2D eigenvalue weighted by Crippen LogP contribution is -2.01. The molecule has 0 saturated heterocycles. The molecule has 0 aliphatic carbocycles. The molecule has 12 heteroatoms. The summed E-state index contributed by atoms with van der Waals surface area (Å²) in [5.74, 6) is 0.553. The summed E-state index contributed by atoms with van der Waals surface area (Å²) in [6.45, 7) is 30.1. The van der Waals surface area contributed by atoms with Crippen LogP contribution in [0.1, 0.15) is 150 Å². The molecule has 0 amide bonds. The summed E-state index contributed by atoms with van der Waals surface area (Å²) < 4.78 is 12.7. The van der Waals surface area contributed by atoms with Gasteiger partial charge in [0.15, 0.2) is 0 Å². The van der Waals surface area contributed by atoms with Crippen LogP contribution in [0.3, 0.4) is 0 Å². The van der Waals surface area contributed by atoms with Crippen molar-refractivity contribution in [3.05, 3.63) is 218 Å². The van der Waals surface area contributed by atoms with E-state index in [0.717, 1.165) is 21.9 Å². The number of halogens is 1. The van der Waals surface area contributed by atoms with Crippen LogP contribution >= 0.6 is 11.6 Å². The Morgan fingerprint density at radius 1 is 0.438 bits per heavy atom. The molecule has 0 aliphatic heterocycles. The number of nitrogens with zero attached hydrogens (tertiary/aromatic N) is 11. The number of hydrogen-bond donors (Lipinski definition) is 0. The van der Waals surface area contributed by atoms with Gasteiger partial charge in [0.05, 0.1) is 51.7 Å². The van der Waals surface area contributed by atoms with Gasteiger partial charge in [-0.2, -0.15) is 15.5 Å². The fraction of sp³-hybridized carbons (Fsp3) is 0.309. The SMILES string of the molecule is CC(C)c1cnc2ccccc2c1.CC(C)n1ccc2c(C#N)cc(Cl)cc21.CC(C)n1ccc2ccccc21.CC(C)n1cccc1.CC(C)n1cccn1.CC(C)n1cnc2ccccc21.CC(C)n1ncc2ccccc21. The van der Waals surface area contributed by atoms with Crippen LogP contribution in [-0.2, 0) is 0 Å². The molecule has 0 radical (unpaired) electrons. The highest BCUT2D eigenvalue weighted by Crippen LogP contribution is 2.27. The third kappa shape index (κ3) is 16.7. The lowest BCUT2D eigenvalue weighted by Gasteiger charge is -2.09. The summed E-state index contributed by atoms with van der Waals surface area (Å²) >= 11 is 5.97. The van der Waals surface area contributed by atoms with E-state index >= 15 is 0 Å². The average Bonchev–Trinajstić information content (AvgIpc) is 4.33. The zero-order valence-corrected chi connectivity index (χ0v) is 50.1. The number of imidazole rings is 1. The van der Waals surface area contributed by atoms with Crippen molar-refractivity contribution in [3.63, 3.8) is 0 Å². The number of pyridine rings is 1. The van der Waals surface area contributed by atoms with Gasteiger partial charge in [-0.05, 0) is 179 Å². The Bertz CT molecular complexity index is 3540. The van der Waals surface area contributed by atoms with Gasteiger partial charge in [-0.3, -0.25) is 14.3 Å². The van der Waals surface area contributed by atoms with Gasteiger partial charge in [0.1, 0.15) is 0 Å². The molecule has 0 unspecified atom stereocenters. The van der Waals surface area contributed by atoms with Gasteiger partial charge in [-0.1, -0.05) is 92.2 Å². The molecule has 5 aromatic carbocycles. The Balaban J connectivity index is 0.000000152. The van der Waals surface area contributed by atoms with Gasteiger partial charge in [-0.25, -0.2) is 4.98 Å². The zero-order chi connectivity index (χ0) is 57.9. The number of fused-ring (bicyclic) bond motifs is 5. The summed E-state index contributed by atoms with van der Waals surface area (Å²) in [5.41, 5.74) is 8.87. The fourth-order valence-corrected chi connectivity index (χ4v) is 9.01. The first-order chi connectivity index (χ1) is 38.4. The third-order valence-corrected chi connectivity index (χ3v) is 13.5. The molecule has 12 rings (SSSR count). The first kappa shape index (κ1) is 61.0. The maximum Gasteiger partial charge on any atom is 0.0999 e. The molecule has 7 aromatic heterocycles. The Morgan fingerprint density at radius 2 is 1.01 bits per heavy atom. The topological polar surface area (TPSA) is 105 Å². The summed E-state index contributed by atoms with van der Waals surface area (Å²) in [4.78, 5) is 8.71. The number of para-hydroxylation sites is 5. The van der Waals surface area contributed by atoms with Gasteiger partial charge in [-0.15, -0.1) is 0 Å². The standard InChI is InChI=1S/C12H11ClN2.C12H13N.C11H13N.2C10H12N2.C7H11N.C6H10N2/c1-8(2)15-4-3-11-9(7-14)5-10(13)6-12(11)15;1-9(2)11-7-10-5-3-4-6-12(10)13-8-11;1-9(2)12-8-7-10-5-3-4-6-11(10)12;1-8(2)12-7-11-9-5-3-4-6-10(9)12;1-8(2)12-10-6-4-3-5-9(10)7-11-12;1-7(2)8-5-3-4-6-8;1-6(2)8-5-3-4-7-8/h3-6,8H,1-2H3;3-9H,1-2H3;3-9H,1-2H3;2*3-8H,1-2H3;3-7H,1-2H3;3-6H,1-2H3. The van der Waals surface area contributed by atoms with Crippen LogP contribution in [0.4, 0.5) is 0 Å². The molecule has 0 bridgehead atoms. The van der Waals surface area contributed by atoms with Crippen LogP contribution in [0, 0.1) is 11.3 Å². The van der Waals surface area contributed by atoms with Crippen LogP contribution in [0.25, 0.3) is 54.6 Å². The van der Waals surface area contributed by atoms with E-state index in [4.69, 9.17) is 16.9 Å². The molecule has 80 heavy (non-hydrogen) atoms. The van der Waals surface area contributed by atoms with Crippen molar-refractivity contribution in [2.75, 3.05) is 0 Å². The molecule has 0 atom stereocenters. The summed E-state index contributed by atoms with van der Waals surface area (Å²) in [5, 5.41) is 22.7. The van der Waals surface area contributed by atoms with Gasteiger partial charge < -0.3 is 18.3 Å². The van der Waals surface area contributed by atoms with E-state index in [1.165, 1.54) is 38.3 Å². The van der Waals surface area contributed by atoms with Gasteiger partial charge in [0, 0.05) is 106 Å². The molecule has 0 fully saturated rings. The highest BCUT2D eigenvalue weighted by Gasteiger charge is 2.10. The molecule has 416 valence electrons. The van der Waals surface area contributed by atoms with Crippen molar-refractivity contribution in [1.82, 2.24) is 47.8 Å².